The van der Waals surface area contributed by atoms with Gasteiger partial charge in [-0.3, -0.25) is 9.78 Å². The number of carbonyl (C=O) groups excluding carboxylic acids is 2. The number of pyridine rings is 1. The fraction of sp³-hybridized carbons (Fsp3) is 0.720. The predicted molar refractivity (Wildman–Crippen MR) is 125 cm³/mol. The zero-order valence-corrected chi connectivity index (χ0v) is 20.3. The van der Waals surface area contributed by atoms with Crippen LogP contribution in [0.3, 0.4) is 0 Å². The van der Waals surface area contributed by atoms with Crippen molar-refractivity contribution in [2.24, 2.45) is 5.92 Å². The standard InChI is InChI=1S/C25H40N4O3/c1-25(2,3)32-24(31)29-17-8-20(9-18-29)19-23(30)27(4)22-11-15-28(16-12-22)14-10-21-7-5-6-13-26-21/h5-7,13,20,22H,8-12,14-19H2,1-4H3. The van der Waals surface area contributed by atoms with Crippen LogP contribution in [0.1, 0.15) is 58.6 Å². The van der Waals surface area contributed by atoms with Gasteiger partial charge in [-0.2, -0.15) is 0 Å². The van der Waals surface area contributed by atoms with Crippen LogP contribution in [0.25, 0.3) is 0 Å². The van der Waals surface area contributed by atoms with Crippen molar-refractivity contribution in [3.63, 3.8) is 0 Å². The summed E-state index contributed by atoms with van der Waals surface area (Å²) < 4.78 is 5.47. The molecule has 0 radical (unpaired) electrons. The Morgan fingerprint density at radius 3 is 2.38 bits per heavy atom. The molecule has 0 spiro atoms. The third kappa shape index (κ3) is 7.47. The fourth-order valence-corrected chi connectivity index (χ4v) is 4.59. The Morgan fingerprint density at radius 1 is 1.09 bits per heavy atom. The second-order valence-corrected chi connectivity index (χ2v) is 10.3. The van der Waals surface area contributed by atoms with Gasteiger partial charge in [0.1, 0.15) is 5.60 Å². The van der Waals surface area contributed by atoms with E-state index in [1.807, 2.05) is 51.0 Å². The Balaban J connectivity index is 1.35. The Morgan fingerprint density at radius 2 is 1.78 bits per heavy atom. The van der Waals surface area contributed by atoms with Crippen LogP contribution in [-0.2, 0) is 16.0 Å². The summed E-state index contributed by atoms with van der Waals surface area (Å²) in [5.41, 5.74) is 0.667. The number of amides is 2. The van der Waals surface area contributed by atoms with E-state index in [1.54, 1.807) is 4.90 Å². The van der Waals surface area contributed by atoms with Gasteiger partial charge in [0.05, 0.1) is 0 Å². The van der Waals surface area contributed by atoms with E-state index >= 15 is 0 Å². The summed E-state index contributed by atoms with van der Waals surface area (Å²) >= 11 is 0. The van der Waals surface area contributed by atoms with Gasteiger partial charge in [0.15, 0.2) is 0 Å². The lowest BCUT2D eigenvalue weighted by Crippen LogP contribution is -2.47. The zero-order valence-electron chi connectivity index (χ0n) is 20.3. The Labute approximate surface area is 193 Å². The molecule has 2 aliphatic rings. The minimum Gasteiger partial charge on any atom is -0.444 e. The second-order valence-electron chi connectivity index (χ2n) is 10.3. The van der Waals surface area contributed by atoms with Crippen molar-refractivity contribution in [3.8, 4) is 0 Å². The van der Waals surface area contributed by atoms with Gasteiger partial charge in [-0.25, -0.2) is 4.79 Å². The van der Waals surface area contributed by atoms with Crippen LogP contribution in [0, 0.1) is 5.92 Å². The lowest BCUT2D eigenvalue weighted by molar-refractivity contribution is -0.134. The van der Waals surface area contributed by atoms with Crippen molar-refractivity contribution in [2.45, 2.75) is 70.9 Å². The monoisotopic (exact) mass is 444 g/mol. The number of rotatable bonds is 6. The minimum atomic E-state index is -0.472. The van der Waals surface area contributed by atoms with Crippen LogP contribution in [0.4, 0.5) is 4.79 Å². The molecule has 0 saturated carbocycles. The number of aromatic nitrogens is 1. The van der Waals surface area contributed by atoms with E-state index in [2.05, 4.69) is 16.0 Å². The Kier molecular flexibility index (Phi) is 8.51. The molecule has 2 aliphatic heterocycles. The summed E-state index contributed by atoms with van der Waals surface area (Å²) in [6.45, 7) is 10.1. The van der Waals surface area contributed by atoms with E-state index in [-0.39, 0.29) is 12.0 Å². The van der Waals surface area contributed by atoms with E-state index < -0.39 is 5.60 Å². The first-order valence-corrected chi connectivity index (χ1v) is 12.1. The molecule has 7 nitrogen and oxygen atoms in total. The predicted octanol–water partition coefficient (Wildman–Crippen LogP) is 3.58. The lowest BCUT2D eigenvalue weighted by atomic mass is 9.92. The number of hydrogen-bond donors (Lipinski definition) is 0. The van der Waals surface area contributed by atoms with Crippen molar-refractivity contribution in [1.29, 1.82) is 0 Å². The summed E-state index contributed by atoms with van der Waals surface area (Å²) in [4.78, 5) is 35.8. The molecule has 2 saturated heterocycles. The van der Waals surface area contributed by atoms with Gasteiger partial charge in [0.25, 0.3) is 0 Å². The molecule has 7 heteroatoms. The minimum absolute atomic E-state index is 0.241. The third-order valence-electron chi connectivity index (χ3n) is 6.64. The highest BCUT2D eigenvalue weighted by molar-refractivity contribution is 5.76. The van der Waals surface area contributed by atoms with E-state index in [0.29, 0.717) is 31.5 Å². The quantitative estimate of drug-likeness (QED) is 0.671. The van der Waals surface area contributed by atoms with Gasteiger partial charge < -0.3 is 19.4 Å². The van der Waals surface area contributed by atoms with Crippen molar-refractivity contribution >= 4 is 12.0 Å². The zero-order chi connectivity index (χ0) is 23.1. The lowest BCUT2D eigenvalue weighted by Gasteiger charge is -2.38. The van der Waals surface area contributed by atoms with Crippen LogP contribution in [0.15, 0.2) is 24.4 Å². The molecule has 0 atom stereocenters. The Hall–Kier alpha value is -2.15. The first-order valence-electron chi connectivity index (χ1n) is 12.1. The highest BCUT2D eigenvalue weighted by atomic mass is 16.6. The molecule has 0 aliphatic carbocycles. The average molecular weight is 445 g/mol. The van der Waals surface area contributed by atoms with E-state index in [1.165, 1.54) is 0 Å². The molecule has 0 unspecified atom stereocenters. The topological polar surface area (TPSA) is 66.0 Å². The second kappa shape index (κ2) is 11.1. The van der Waals surface area contributed by atoms with Crippen LogP contribution >= 0.6 is 0 Å². The fourth-order valence-electron chi connectivity index (χ4n) is 4.59. The van der Waals surface area contributed by atoms with Gasteiger partial charge in [0, 0.05) is 70.5 Å². The number of likely N-dealkylation sites (tertiary alicyclic amines) is 2. The van der Waals surface area contributed by atoms with Crippen LogP contribution < -0.4 is 0 Å². The van der Waals surface area contributed by atoms with Crippen molar-refractivity contribution in [2.75, 3.05) is 39.8 Å². The SMILES string of the molecule is CN(C(=O)CC1CCN(C(=O)OC(C)(C)C)CC1)C1CCN(CCc2ccccn2)CC1. The number of ether oxygens (including phenoxy) is 1. The number of nitrogens with zero attached hydrogens (tertiary/aromatic N) is 4. The molecular weight excluding hydrogens is 404 g/mol. The number of carbonyl (C=O) groups is 2. The highest BCUT2D eigenvalue weighted by Crippen LogP contribution is 2.24. The van der Waals surface area contributed by atoms with Gasteiger partial charge in [-0.15, -0.1) is 0 Å². The molecular formula is C25H40N4O3. The summed E-state index contributed by atoms with van der Waals surface area (Å²) in [6.07, 6.45) is 6.96. The first-order chi connectivity index (χ1) is 15.2. The molecule has 0 N–H and O–H groups in total. The molecule has 3 rings (SSSR count). The molecule has 178 valence electrons. The number of piperidine rings is 2. The summed E-state index contributed by atoms with van der Waals surface area (Å²) in [6, 6.07) is 6.40. The molecule has 0 bridgehead atoms. The van der Waals surface area contributed by atoms with E-state index in [9.17, 15) is 9.59 Å². The molecule has 3 heterocycles. The summed E-state index contributed by atoms with van der Waals surface area (Å²) in [5, 5.41) is 0. The van der Waals surface area contributed by atoms with Gasteiger partial charge >= 0.3 is 6.09 Å². The molecule has 1 aromatic heterocycles. The molecule has 1 aromatic rings. The summed E-state index contributed by atoms with van der Waals surface area (Å²) in [5.74, 6) is 0.592. The van der Waals surface area contributed by atoms with Crippen molar-refractivity contribution in [3.05, 3.63) is 30.1 Å². The van der Waals surface area contributed by atoms with Crippen molar-refractivity contribution in [1.82, 2.24) is 19.7 Å². The normalized spacial score (nSPS) is 19.1. The maximum absolute atomic E-state index is 12.9. The van der Waals surface area contributed by atoms with Crippen LogP contribution in [0.5, 0.6) is 0 Å². The van der Waals surface area contributed by atoms with Gasteiger partial charge in [0.2, 0.25) is 5.91 Å². The number of hydrogen-bond acceptors (Lipinski definition) is 5. The first kappa shape index (κ1) is 24.5. The van der Waals surface area contributed by atoms with Gasteiger partial charge in [-0.05, 0) is 64.5 Å². The largest absolute Gasteiger partial charge is 0.444 e. The highest BCUT2D eigenvalue weighted by Gasteiger charge is 2.30. The van der Waals surface area contributed by atoms with E-state index in [4.69, 9.17) is 4.74 Å². The molecule has 32 heavy (non-hydrogen) atoms. The smallest absolute Gasteiger partial charge is 0.410 e. The van der Waals surface area contributed by atoms with Crippen molar-refractivity contribution < 1.29 is 14.3 Å². The third-order valence-corrected chi connectivity index (χ3v) is 6.64. The van der Waals surface area contributed by atoms with Crippen LogP contribution in [-0.4, -0.2) is 83.1 Å². The Bertz CT molecular complexity index is 733. The van der Waals surface area contributed by atoms with Crippen LogP contribution in [0.2, 0.25) is 0 Å². The maximum Gasteiger partial charge on any atom is 0.410 e. The molecule has 0 aromatic carbocycles. The molecule has 2 fully saturated rings. The average Bonchev–Trinajstić information content (AvgIpc) is 2.77. The van der Waals surface area contributed by atoms with E-state index in [0.717, 1.165) is 57.4 Å². The summed E-state index contributed by atoms with van der Waals surface area (Å²) in [7, 11) is 1.96. The van der Waals surface area contributed by atoms with Gasteiger partial charge in [-0.1, -0.05) is 6.07 Å². The molecule has 2 amide bonds. The maximum atomic E-state index is 12.9.